The van der Waals surface area contributed by atoms with Crippen LogP contribution in [-0.4, -0.2) is 65.3 Å². The zero-order valence-corrected chi connectivity index (χ0v) is 14.4. The molecule has 1 aliphatic rings. The highest BCUT2D eigenvalue weighted by Gasteiger charge is 2.24. The molecule has 1 aromatic carbocycles. The average Bonchev–Trinajstić information content (AvgIpc) is 2.53. The van der Waals surface area contributed by atoms with E-state index in [4.69, 9.17) is 0 Å². The minimum Gasteiger partial charge on any atom is -0.339 e. The van der Waals surface area contributed by atoms with Crippen molar-refractivity contribution in [3.8, 4) is 0 Å². The van der Waals surface area contributed by atoms with Crippen molar-refractivity contribution >= 4 is 11.8 Å². The summed E-state index contributed by atoms with van der Waals surface area (Å²) in [7, 11) is 0. The van der Waals surface area contributed by atoms with Gasteiger partial charge in [-0.2, -0.15) is 0 Å². The first-order chi connectivity index (χ1) is 11.0. The van der Waals surface area contributed by atoms with E-state index in [1.54, 1.807) is 4.90 Å². The van der Waals surface area contributed by atoms with Crippen molar-refractivity contribution in [2.45, 2.75) is 33.4 Å². The van der Waals surface area contributed by atoms with Crippen LogP contribution in [0.2, 0.25) is 0 Å². The largest absolute Gasteiger partial charge is 0.339 e. The molecule has 5 nitrogen and oxygen atoms in total. The van der Waals surface area contributed by atoms with Gasteiger partial charge in [0, 0.05) is 45.7 Å². The lowest BCUT2D eigenvalue weighted by Gasteiger charge is -2.36. The maximum Gasteiger partial charge on any atom is 0.242 e. The first-order valence-corrected chi connectivity index (χ1v) is 8.28. The van der Waals surface area contributed by atoms with Crippen molar-refractivity contribution in [1.82, 2.24) is 14.7 Å². The van der Waals surface area contributed by atoms with Gasteiger partial charge in [0.05, 0.1) is 6.54 Å². The van der Waals surface area contributed by atoms with Gasteiger partial charge in [-0.3, -0.25) is 14.5 Å². The summed E-state index contributed by atoms with van der Waals surface area (Å²) in [6.07, 6.45) is 0. The van der Waals surface area contributed by atoms with Crippen LogP contribution < -0.4 is 0 Å². The van der Waals surface area contributed by atoms with Gasteiger partial charge in [0.1, 0.15) is 0 Å². The molecule has 1 aromatic rings. The fraction of sp³-hybridized carbons (Fsp3) is 0.556. The molecule has 0 atom stereocenters. The molecule has 5 heteroatoms. The van der Waals surface area contributed by atoms with Gasteiger partial charge in [0.15, 0.2) is 0 Å². The second-order valence-corrected chi connectivity index (χ2v) is 6.38. The Labute approximate surface area is 138 Å². The zero-order valence-electron chi connectivity index (χ0n) is 14.4. The molecule has 0 radical (unpaired) electrons. The molecule has 2 amide bonds. The minimum absolute atomic E-state index is 0.0453. The van der Waals surface area contributed by atoms with Crippen LogP contribution in [0.4, 0.5) is 0 Å². The topological polar surface area (TPSA) is 43.9 Å². The summed E-state index contributed by atoms with van der Waals surface area (Å²) in [5.41, 5.74) is 1.30. The summed E-state index contributed by atoms with van der Waals surface area (Å²) >= 11 is 0. The van der Waals surface area contributed by atoms with E-state index in [2.05, 4.69) is 29.2 Å². The Hall–Kier alpha value is -1.88. The van der Waals surface area contributed by atoms with Crippen molar-refractivity contribution in [3.05, 3.63) is 35.9 Å². The normalized spacial score (nSPS) is 15.7. The summed E-state index contributed by atoms with van der Waals surface area (Å²) in [6, 6.07) is 10.4. The van der Waals surface area contributed by atoms with Crippen LogP contribution in [0.5, 0.6) is 0 Å². The van der Waals surface area contributed by atoms with E-state index in [1.807, 2.05) is 24.8 Å². The number of hydrogen-bond donors (Lipinski definition) is 0. The summed E-state index contributed by atoms with van der Waals surface area (Å²) in [4.78, 5) is 29.9. The molecule has 23 heavy (non-hydrogen) atoms. The maximum atomic E-state index is 12.4. The molecule has 0 bridgehead atoms. The lowest BCUT2D eigenvalue weighted by molar-refractivity contribution is -0.141. The predicted molar refractivity (Wildman–Crippen MR) is 90.8 cm³/mol. The van der Waals surface area contributed by atoms with E-state index >= 15 is 0 Å². The molecular weight excluding hydrogens is 290 g/mol. The SMILES string of the molecule is CC(=O)N(CC(=O)N1CCN(Cc2ccccc2)CC1)C(C)C. The molecule has 126 valence electrons. The number of piperazine rings is 1. The van der Waals surface area contributed by atoms with Crippen LogP contribution in [0.25, 0.3) is 0 Å². The monoisotopic (exact) mass is 317 g/mol. The van der Waals surface area contributed by atoms with Crippen LogP contribution >= 0.6 is 0 Å². The molecule has 0 N–H and O–H groups in total. The molecule has 0 aromatic heterocycles. The molecule has 1 saturated heterocycles. The summed E-state index contributed by atoms with van der Waals surface area (Å²) < 4.78 is 0. The highest BCUT2D eigenvalue weighted by Crippen LogP contribution is 2.09. The smallest absolute Gasteiger partial charge is 0.242 e. The molecule has 2 rings (SSSR count). The van der Waals surface area contributed by atoms with E-state index in [9.17, 15) is 9.59 Å². The Morgan fingerprint density at radius 2 is 1.70 bits per heavy atom. The molecule has 1 fully saturated rings. The van der Waals surface area contributed by atoms with Gasteiger partial charge in [-0.15, -0.1) is 0 Å². The van der Waals surface area contributed by atoms with Crippen molar-refractivity contribution in [2.24, 2.45) is 0 Å². The van der Waals surface area contributed by atoms with E-state index < -0.39 is 0 Å². The van der Waals surface area contributed by atoms with Crippen molar-refractivity contribution < 1.29 is 9.59 Å². The third-order valence-electron chi connectivity index (χ3n) is 4.31. The third kappa shape index (κ3) is 5.06. The quantitative estimate of drug-likeness (QED) is 0.828. The van der Waals surface area contributed by atoms with Crippen LogP contribution in [0, 0.1) is 0 Å². The fourth-order valence-corrected chi connectivity index (χ4v) is 2.90. The van der Waals surface area contributed by atoms with Crippen molar-refractivity contribution in [2.75, 3.05) is 32.7 Å². The van der Waals surface area contributed by atoms with E-state index in [-0.39, 0.29) is 24.4 Å². The standard InChI is InChI=1S/C18H27N3O2/c1-15(2)21(16(3)22)14-18(23)20-11-9-19(10-12-20)13-17-7-5-4-6-8-17/h4-8,15H,9-14H2,1-3H3. The van der Waals surface area contributed by atoms with Crippen molar-refractivity contribution in [1.29, 1.82) is 0 Å². The van der Waals surface area contributed by atoms with Crippen molar-refractivity contribution in [3.63, 3.8) is 0 Å². The van der Waals surface area contributed by atoms with Crippen LogP contribution in [0.3, 0.4) is 0 Å². The van der Waals surface area contributed by atoms with E-state index in [0.29, 0.717) is 0 Å². The molecular formula is C18H27N3O2. The Morgan fingerprint density at radius 3 is 2.22 bits per heavy atom. The molecule has 0 aliphatic carbocycles. The first-order valence-electron chi connectivity index (χ1n) is 8.28. The molecule has 0 spiro atoms. The van der Waals surface area contributed by atoms with Crippen LogP contribution in [-0.2, 0) is 16.1 Å². The highest BCUT2D eigenvalue weighted by molar-refractivity contribution is 5.84. The number of nitrogens with zero attached hydrogens (tertiary/aromatic N) is 3. The Morgan fingerprint density at radius 1 is 1.09 bits per heavy atom. The summed E-state index contributed by atoms with van der Waals surface area (Å²) in [5.74, 6) is 0.00400. The number of benzene rings is 1. The third-order valence-corrected chi connectivity index (χ3v) is 4.31. The molecule has 0 unspecified atom stereocenters. The van der Waals surface area contributed by atoms with Gasteiger partial charge >= 0.3 is 0 Å². The van der Waals surface area contributed by atoms with Gasteiger partial charge in [-0.25, -0.2) is 0 Å². The summed E-state index contributed by atoms with van der Waals surface area (Å²) in [5, 5.41) is 0. The fourth-order valence-electron chi connectivity index (χ4n) is 2.90. The summed E-state index contributed by atoms with van der Waals surface area (Å²) in [6.45, 7) is 9.72. The number of amides is 2. The Balaban J connectivity index is 1.81. The minimum atomic E-state index is -0.0453. The van der Waals surface area contributed by atoms with Gasteiger partial charge < -0.3 is 9.80 Å². The first kappa shape index (κ1) is 17.5. The Kier molecular flexibility index (Phi) is 6.16. The molecule has 1 heterocycles. The van der Waals surface area contributed by atoms with Gasteiger partial charge in [-0.1, -0.05) is 30.3 Å². The van der Waals surface area contributed by atoms with E-state index in [0.717, 1.165) is 32.7 Å². The maximum absolute atomic E-state index is 12.4. The van der Waals surface area contributed by atoms with Crippen LogP contribution in [0.1, 0.15) is 26.3 Å². The number of hydrogen-bond acceptors (Lipinski definition) is 3. The highest BCUT2D eigenvalue weighted by atomic mass is 16.2. The van der Waals surface area contributed by atoms with Gasteiger partial charge in [0.2, 0.25) is 11.8 Å². The molecule has 0 saturated carbocycles. The number of carbonyl (C=O) groups excluding carboxylic acids is 2. The predicted octanol–water partition coefficient (Wildman–Crippen LogP) is 1.59. The number of rotatable bonds is 5. The van der Waals surface area contributed by atoms with Gasteiger partial charge in [-0.05, 0) is 19.4 Å². The van der Waals surface area contributed by atoms with Crippen LogP contribution in [0.15, 0.2) is 30.3 Å². The second-order valence-electron chi connectivity index (χ2n) is 6.38. The second kappa shape index (κ2) is 8.11. The zero-order chi connectivity index (χ0) is 16.8. The van der Waals surface area contributed by atoms with E-state index in [1.165, 1.54) is 12.5 Å². The average molecular weight is 317 g/mol. The van der Waals surface area contributed by atoms with Gasteiger partial charge in [0.25, 0.3) is 0 Å². The Bertz CT molecular complexity index is 522. The lowest BCUT2D eigenvalue weighted by atomic mass is 10.2. The number of carbonyl (C=O) groups is 2. The molecule has 1 aliphatic heterocycles. The lowest BCUT2D eigenvalue weighted by Crippen LogP contribution is -2.52.